The van der Waals surface area contributed by atoms with Crippen molar-refractivity contribution in [2.75, 3.05) is 12.3 Å². The van der Waals surface area contributed by atoms with Gasteiger partial charge in [-0.25, -0.2) is 4.57 Å². The van der Waals surface area contributed by atoms with Crippen molar-refractivity contribution in [2.45, 2.75) is 31.8 Å². The number of aromatic nitrogens is 2. The topological polar surface area (TPSA) is 118 Å². The molecule has 0 saturated heterocycles. The molecule has 0 radical (unpaired) electrons. The second-order valence-electron chi connectivity index (χ2n) is 4.47. The van der Waals surface area contributed by atoms with Gasteiger partial charge in [-0.2, -0.15) is 12.6 Å². The zero-order valence-corrected chi connectivity index (χ0v) is 12.1. The molecule has 0 aromatic carbocycles. The average molecular weight is 302 g/mol. The molecule has 0 spiro atoms. The van der Waals surface area contributed by atoms with Gasteiger partial charge in [0.1, 0.15) is 12.4 Å². The maximum atomic E-state index is 11.5. The largest absolute Gasteiger partial charge is 0.434 e. The van der Waals surface area contributed by atoms with Crippen molar-refractivity contribution in [3.05, 3.63) is 22.5 Å². The maximum absolute atomic E-state index is 11.5. The molecular formula is C11H20N5O3S+. The van der Waals surface area contributed by atoms with Gasteiger partial charge in [-0.15, -0.1) is 0 Å². The fraction of sp³-hybridized carbons (Fsp3) is 0.636. The molecule has 20 heavy (non-hydrogen) atoms. The maximum Gasteiger partial charge on any atom is 0.434 e. The van der Waals surface area contributed by atoms with Crippen molar-refractivity contribution in [3.63, 3.8) is 0 Å². The van der Waals surface area contributed by atoms with Crippen LogP contribution in [0.1, 0.15) is 19.3 Å². The number of hydrogen-bond donors (Lipinski definition) is 3. The molecule has 112 valence electrons. The van der Waals surface area contributed by atoms with Crippen molar-refractivity contribution in [2.24, 2.45) is 0 Å². The normalized spacial score (nSPS) is 12.1. The predicted molar refractivity (Wildman–Crippen MR) is 76.3 cm³/mol. The molecule has 0 bridgehead atoms. The monoisotopic (exact) mass is 302 g/mol. The average Bonchev–Trinajstić information content (AvgIpc) is 2.89. The third-order valence-corrected chi connectivity index (χ3v) is 3.31. The van der Waals surface area contributed by atoms with E-state index in [-0.39, 0.29) is 17.9 Å². The first-order chi connectivity index (χ1) is 9.54. The third-order valence-electron chi connectivity index (χ3n) is 2.79. The Morgan fingerprint density at radius 2 is 2.40 bits per heavy atom. The lowest BCUT2D eigenvalue weighted by atomic mass is 10.2. The summed E-state index contributed by atoms with van der Waals surface area (Å²) >= 11 is 4.11. The van der Waals surface area contributed by atoms with Gasteiger partial charge in [-0.05, 0) is 11.3 Å². The van der Waals surface area contributed by atoms with Crippen molar-refractivity contribution >= 4 is 24.5 Å². The Balaban J connectivity index is 2.20. The second kappa shape index (κ2) is 8.54. The summed E-state index contributed by atoms with van der Waals surface area (Å²) in [5.41, 5.74) is 3.85. The number of amides is 1. The van der Waals surface area contributed by atoms with E-state index in [1.807, 2.05) is 0 Å². The van der Waals surface area contributed by atoms with Crippen LogP contribution in [0.3, 0.4) is 0 Å². The Morgan fingerprint density at radius 3 is 3.05 bits per heavy atom. The summed E-state index contributed by atoms with van der Waals surface area (Å²) in [4.78, 5) is 25.3. The van der Waals surface area contributed by atoms with Gasteiger partial charge in [-0.1, -0.05) is 4.98 Å². The number of carbonyl (C=O) groups excluding carboxylic acids is 1. The van der Waals surface area contributed by atoms with E-state index >= 15 is 0 Å². The van der Waals surface area contributed by atoms with Crippen molar-refractivity contribution in [1.29, 1.82) is 0 Å². The van der Waals surface area contributed by atoms with Crippen LogP contribution in [0.5, 0.6) is 0 Å². The van der Waals surface area contributed by atoms with Crippen LogP contribution in [0.2, 0.25) is 0 Å². The van der Waals surface area contributed by atoms with E-state index in [1.165, 1.54) is 10.8 Å². The molecule has 0 aliphatic carbocycles. The highest BCUT2D eigenvalue weighted by Crippen LogP contribution is 2.07. The number of thiol groups is 1. The lowest BCUT2D eigenvalue weighted by Gasteiger charge is -2.06. The molecule has 1 amide bonds. The van der Waals surface area contributed by atoms with E-state index < -0.39 is 4.92 Å². The van der Waals surface area contributed by atoms with Crippen molar-refractivity contribution in [1.82, 2.24) is 14.9 Å². The molecule has 0 saturated carbocycles. The zero-order chi connectivity index (χ0) is 15.0. The number of aryl methyl sites for hydroxylation is 1. The van der Waals surface area contributed by atoms with Crippen LogP contribution in [0.4, 0.5) is 5.95 Å². The molecule has 4 N–H and O–H groups in total. The van der Waals surface area contributed by atoms with Gasteiger partial charge >= 0.3 is 5.95 Å². The van der Waals surface area contributed by atoms with Gasteiger partial charge in [-0.3, -0.25) is 4.79 Å². The highest BCUT2D eigenvalue weighted by molar-refractivity contribution is 7.80. The second-order valence-corrected chi connectivity index (χ2v) is 4.83. The summed E-state index contributed by atoms with van der Waals surface area (Å²) in [7, 11) is 0. The minimum absolute atomic E-state index is 0.0273. The molecule has 1 aromatic rings. The number of quaternary nitrogens is 1. The summed E-state index contributed by atoms with van der Waals surface area (Å²) in [5.74, 6) is 0.461. The molecule has 0 fully saturated rings. The molecule has 1 unspecified atom stereocenters. The van der Waals surface area contributed by atoms with Gasteiger partial charge in [0.25, 0.3) is 0 Å². The number of imidazole rings is 1. The van der Waals surface area contributed by atoms with Gasteiger partial charge in [0.15, 0.2) is 0 Å². The number of nitrogens with zero attached hydrogens (tertiary/aromatic N) is 3. The van der Waals surface area contributed by atoms with Gasteiger partial charge in [0.2, 0.25) is 5.91 Å². The summed E-state index contributed by atoms with van der Waals surface area (Å²) < 4.78 is 1.46. The summed E-state index contributed by atoms with van der Waals surface area (Å²) in [6.07, 6.45) is 4.70. The van der Waals surface area contributed by atoms with Crippen molar-refractivity contribution in [3.8, 4) is 0 Å². The number of rotatable bonds is 9. The van der Waals surface area contributed by atoms with Crippen LogP contribution in [0.15, 0.2) is 12.4 Å². The van der Waals surface area contributed by atoms with E-state index in [9.17, 15) is 14.9 Å². The lowest BCUT2D eigenvalue weighted by Crippen LogP contribution is -2.62. The molecule has 1 rings (SSSR count). The highest BCUT2D eigenvalue weighted by Gasteiger charge is 2.13. The molecule has 1 aromatic heterocycles. The molecular weight excluding hydrogens is 282 g/mol. The van der Waals surface area contributed by atoms with Gasteiger partial charge < -0.3 is 21.2 Å². The van der Waals surface area contributed by atoms with Crippen LogP contribution in [0.25, 0.3) is 0 Å². The summed E-state index contributed by atoms with van der Waals surface area (Å²) in [5, 5.41) is 13.4. The summed E-state index contributed by atoms with van der Waals surface area (Å²) in [6.45, 7) is 0.933. The zero-order valence-electron chi connectivity index (χ0n) is 11.2. The van der Waals surface area contributed by atoms with E-state index in [0.717, 1.165) is 0 Å². The van der Waals surface area contributed by atoms with E-state index in [4.69, 9.17) is 0 Å². The van der Waals surface area contributed by atoms with Crippen LogP contribution < -0.4 is 11.1 Å². The molecule has 8 nitrogen and oxygen atoms in total. The minimum atomic E-state index is -0.523. The predicted octanol–water partition coefficient (Wildman–Crippen LogP) is -0.382. The third kappa shape index (κ3) is 5.57. The van der Waals surface area contributed by atoms with Gasteiger partial charge in [0.05, 0.1) is 12.6 Å². The molecule has 0 aliphatic heterocycles. The Morgan fingerprint density at radius 1 is 1.65 bits per heavy atom. The van der Waals surface area contributed by atoms with Crippen LogP contribution >= 0.6 is 12.6 Å². The minimum Gasteiger partial charge on any atom is -0.390 e. The Labute approximate surface area is 122 Å². The Kier molecular flexibility index (Phi) is 7.02. The van der Waals surface area contributed by atoms with E-state index in [1.54, 1.807) is 6.20 Å². The number of carbonyl (C=O) groups is 1. The van der Waals surface area contributed by atoms with Crippen LogP contribution in [-0.2, 0) is 11.3 Å². The highest BCUT2D eigenvalue weighted by atomic mass is 32.1. The Hall–Kier alpha value is -1.61. The Bertz CT molecular complexity index is 451. The van der Waals surface area contributed by atoms with E-state index in [2.05, 4.69) is 28.7 Å². The number of nitrogens with one attached hydrogen (secondary N) is 1. The molecule has 1 atom stereocenters. The van der Waals surface area contributed by atoms with Crippen LogP contribution in [-0.4, -0.2) is 38.7 Å². The number of hydrogen-bond acceptors (Lipinski definition) is 5. The smallest absolute Gasteiger partial charge is 0.390 e. The SMILES string of the molecule is [NH3+]C(CS)CCC(=O)NCCCn1ccnc1[N+](=O)[O-]. The molecule has 0 aliphatic rings. The first kappa shape index (κ1) is 16.4. The lowest BCUT2D eigenvalue weighted by molar-refractivity contribution is -0.413. The molecule has 9 heteroatoms. The fourth-order valence-corrected chi connectivity index (χ4v) is 1.82. The molecule has 1 heterocycles. The summed E-state index contributed by atoms with van der Waals surface area (Å²) in [6, 6.07) is 0.178. The van der Waals surface area contributed by atoms with E-state index in [0.29, 0.717) is 38.1 Å². The van der Waals surface area contributed by atoms with Gasteiger partial charge in [0, 0.05) is 25.1 Å². The standard InChI is InChI=1S/C11H19N5O3S/c12-9(8-20)2-3-10(17)13-4-1-6-15-7-5-14-11(15)16(18)19/h5,7,9,20H,1-4,6,8,12H2,(H,13,17)/p+1. The van der Waals surface area contributed by atoms with Crippen LogP contribution in [0, 0.1) is 10.1 Å². The van der Waals surface area contributed by atoms with Crippen molar-refractivity contribution < 1.29 is 15.5 Å². The first-order valence-electron chi connectivity index (χ1n) is 6.40. The quantitative estimate of drug-likeness (QED) is 0.249. The fourth-order valence-electron chi connectivity index (χ4n) is 1.64. The number of nitro groups is 1. The first-order valence-corrected chi connectivity index (χ1v) is 7.04.